The Morgan fingerprint density at radius 2 is 1.94 bits per heavy atom. The van der Waals surface area contributed by atoms with Gasteiger partial charge in [-0.25, -0.2) is 4.98 Å². The number of aliphatic hydroxyl groups is 1. The summed E-state index contributed by atoms with van der Waals surface area (Å²) in [6.07, 6.45) is 0. The Balaban J connectivity index is 2.09. The Morgan fingerprint density at radius 1 is 1.25 bits per heavy atom. The van der Waals surface area contributed by atoms with Crippen LogP contribution >= 0.6 is 11.3 Å². The van der Waals surface area contributed by atoms with Gasteiger partial charge in [-0.15, -0.1) is 11.3 Å². The summed E-state index contributed by atoms with van der Waals surface area (Å²) in [6, 6.07) is 3.88. The van der Waals surface area contributed by atoms with E-state index in [1.54, 1.807) is 26.0 Å². The molecule has 0 radical (unpaired) electrons. The van der Waals surface area contributed by atoms with Gasteiger partial charge >= 0.3 is 0 Å². The number of ether oxygens (including phenoxy) is 1. The van der Waals surface area contributed by atoms with Gasteiger partial charge in [0.2, 0.25) is 5.78 Å². The van der Waals surface area contributed by atoms with Gasteiger partial charge in [0.05, 0.1) is 34.3 Å². The van der Waals surface area contributed by atoms with Crippen molar-refractivity contribution < 1.29 is 24.5 Å². The lowest BCUT2D eigenvalue weighted by atomic mass is 9.94. The fraction of sp³-hybridized carbons (Fsp3) is 0.435. The van der Waals surface area contributed by atoms with E-state index in [9.17, 15) is 19.8 Å². The average Bonchev–Trinajstić information content (AvgIpc) is 3.24. The topological polar surface area (TPSA) is 103 Å². The third-order valence-corrected chi connectivity index (χ3v) is 6.80. The second-order valence-corrected chi connectivity index (χ2v) is 8.80. The molecule has 9 heteroatoms. The maximum Gasteiger partial charge on any atom is 0.290 e. The van der Waals surface area contributed by atoms with E-state index in [1.807, 2.05) is 13.8 Å². The van der Waals surface area contributed by atoms with Crippen molar-refractivity contribution in [1.29, 1.82) is 0 Å². The second kappa shape index (κ2) is 9.70. The molecule has 0 spiro atoms. The zero-order valence-corrected chi connectivity index (χ0v) is 19.8. The summed E-state index contributed by atoms with van der Waals surface area (Å²) >= 11 is 1.24. The van der Waals surface area contributed by atoms with Crippen LogP contribution in [0.25, 0.3) is 0 Å². The largest absolute Gasteiger partial charge is 0.504 e. The van der Waals surface area contributed by atoms with Crippen LogP contribution in [0.1, 0.15) is 45.8 Å². The van der Waals surface area contributed by atoms with Crippen LogP contribution in [0.5, 0.6) is 11.5 Å². The number of ketones is 1. The molecular weight excluding hydrogens is 430 g/mol. The quantitative estimate of drug-likeness (QED) is 0.554. The number of aryl methyl sites for hydroxylation is 2. The highest BCUT2D eigenvalue weighted by Crippen LogP contribution is 2.42. The van der Waals surface area contributed by atoms with E-state index in [0.717, 1.165) is 18.1 Å². The zero-order chi connectivity index (χ0) is 23.6. The van der Waals surface area contributed by atoms with Crippen molar-refractivity contribution in [2.45, 2.75) is 33.7 Å². The van der Waals surface area contributed by atoms with Gasteiger partial charge in [-0.05, 0) is 44.6 Å². The van der Waals surface area contributed by atoms with Crippen molar-refractivity contribution in [2.24, 2.45) is 0 Å². The molecule has 3 rings (SSSR count). The first-order valence-electron chi connectivity index (χ1n) is 10.5. The number of carbonyl (C=O) groups excluding carboxylic acids is 2. The Morgan fingerprint density at radius 3 is 2.50 bits per heavy atom. The molecule has 1 aromatic heterocycles. The molecule has 2 N–H and O–H groups in total. The third-order valence-electron chi connectivity index (χ3n) is 5.73. The molecule has 1 aliphatic rings. The van der Waals surface area contributed by atoms with Crippen LogP contribution in [0.4, 0.5) is 0 Å². The number of rotatable bonds is 9. The normalized spacial score (nSPS) is 16.4. The highest BCUT2D eigenvalue weighted by molar-refractivity contribution is 7.14. The minimum Gasteiger partial charge on any atom is -0.504 e. The molecule has 1 aliphatic heterocycles. The monoisotopic (exact) mass is 459 g/mol. The number of thiazole rings is 1. The fourth-order valence-electron chi connectivity index (χ4n) is 3.98. The number of Topliss-reactive ketones (excluding diaryl/α,β-unsaturated/α-hetero) is 1. The first kappa shape index (κ1) is 23.7. The van der Waals surface area contributed by atoms with Gasteiger partial charge in [0, 0.05) is 13.1 Å². The number of nitrogens with zero attached hydrogens (tertiary/aromatic N) is 3. The summed E-state index contributed by atoms with van der Waals surface area (Å²) in [5, 5.41) is 21.6. The first-order chi connectivity index (χ1) is 15.2. The standard InChI is InChI=1S/C23H29N3O5S/c1-6-25(7-2)10-11-26-19(15-8-9-16(27)17(12-15)31-5)18(21(29)23(26)30)20(28)22-13(3)24-14(4)32-22/h8-9,12,19,27,29H,6-7,10-11H2,1-5H3. The first-order valence-corrected chi connectivity index (χ1v) is 11.4. The molecule has 2 heterocycles. The number of hydrogen-bond donors (Lipinski definition) is 2. The lowest BCUT2D eigenvalue weighted by Gasteiger charge is -2.29. The second-order valence-electron chi connectivity index (χ2n) is 7.60. The molecule has 2 aromatic rings. The molecular formula is C23H29N3O5S. The average molecular weight is 460 g/mol. The van der Waals surface area contributed by atoms with Gasteiger partial charge in [-0.3, -0.25) is 9.59 Å². The van der Waals surface area contributed by atoms with Crippen molar-refractivity contribution >= 4 is 23.0 Å². The summed E-state index contributed by atoms with van der Waals surface area (Å²) in [5.74, 6) is -1.37. The van der Waals surface area contributed by atoms with E-state index in [1.165, 1.54) is 29.4 Å². The number of likely N-dealkylation sites (N-methyl/N-ethyl adjacent to an activating group) is 1. The van der Waals surface area contributed by atoms with Gasteiger partial charge in [0.1, 0.15) is 0 Å². The van der Waals surface area contributed by atoms with E-state index in [2.05, 4.69) is 9.88 Å². The van der Waals surface area contributed by atoms with Gasteiger partial charge in [-0.2, -0.15) is 0 Å². The van der Waals surface area contributed by atoms with Crippen molar-refractivity contribution in [3.05, 3.63) is 50.7 Å². The Bertz CT molecular complexity index is 1060. The summed E-state index contributed by atoms with van der Waals surface area (Å²) in [7, 11) is 1.43. The van der Waals surface area contributed by atoms with Crippen LogP contribution in [-0.4, -0.2) is 70.0 Å². The minimum absolute atomic E-state index is 0.0223. The number of carbonyl (C=O) groups is 2. The Hall–Kier alpha value is -2.91. The summed E-state index contributed by atoms with van der Waals surface area (Å²) in [6.45, 7) is 10.2. The molecule has 1 unspecified atom stereocenters. The van der Waals surface area contributed by atoms with Crippen LogP contribution in [0.15, 0.2) is 29.5 Å². The van der Waals surface area contributed by atoms with Crippen molar-refractivity contribution in [3.63, 3.8) is 0 Å². The van der Waals surface area contributed by atoms with E-state index in [-0.39, 0.29) is 17.1 Å². The fourth-order valence-corrected chi connectivity index (χ4v) is 4.85. The summed E-state index contributed by atoms with van der Waals surface area (Å²) in [4.78, 5) is 35.0. The number of aliphatic hydroxyl groups excluding tert-OH is 1. The number of benzene rings is 1. The highest BCUT2D eigenvalue weighted by Gasteiger charge is 2.44. The highest BCUT2D eigenvalue weighted by atomic mass is 32.1. The number of amides is 1. The van der Waals surface area contributed by atoms with E-state index in [0.29, 0.717) is 29.2 Å². The molecule has 0 saturated heterocycles. The van der Waals surface area contributed by atoms with E-state index >= 15 is 0 Å². The number of aromatic nitrogens is 1. The molecule has 0 bridgehead atoms. The Kier molecular flexibility index (Phi) is 7.20. The van der Waals surface area contributed by atoms with E-state index in [4.69, 9.17) is 4.74 Å². The number of hydrogen-bond acceptors (Lipinski definition) is 8. The van der Waals surface area contributed by atoms with Crippen molar-refractivity contribution in [1.82, 2.24) is 14.8 Å². The molecule has 8 nitrogen and oxygen atoms in total. The van der Waals surface area contributed by atoms with Crippen LogP contribution in [0.2, 0.25) is 0 Å². The number of phenols is 1. The molecule has 0 fully saturated rings. The van der Waals surface area contributed by atoms with Crippen molar-refractivity contribution in [3.8, 4) is 11.5 Å². The smallest absolute Gasteiger partial charge is 0.290 e. The Labute approximate surface area is 191 Å². The number of methoxy groups -OCH3 is 1. The maximum absolute atomic E-state index is 13.5. The van der Waals surface area contributed by atoms with Gasteiger partial charge in [0.15, 0.2) is 17.3 Å². The zero-order valence-electron chi connectivity index (χ0n) is 19.0. The van der Waals surface area contributed by atoms with Crippen LogP contribution in [-0.2, 0) is 4.79 Å². The molecule has 1 aromatic carbocycles. The molecule has 1 atom stereocenters. The molecule has 32 heavy (non-hydrogen) atoms. The summed E-state index contributed by atoms with van der Waals surface area (Å²) in [5.41, 5.74) is 1.15. The van der Waals surface area contributed by atoms with Gasteiger partial charge < -0.3 is 24.7 Å². The van der Waals surface area contributed by atoms with Gasteiger partial charge in [-0.1, -0.05) is 19.9 Å². The molecule has 0 aliphatic carbocycles. The van der Waals surface area contributed by atoms with Crippen LogP contribution in [0.3, 0.4) is 0 Å². The molecule has 0 saturated carbocycles. The predicted molar refractivity (Wildman–Crippen MR) is 122 cm³/mol. The van der Waals surface area contributed by atoms with Crippen molar-refractivity contribution in [2.75, 3.05) is 33.3 Å². The molecule has 1 amide bonds. The van der Waals surface area contributed by atoms with Gasteiger partial charge in [0.25, 0.3) is 5.91 Å². The lowest BCUT2D eigenvalue weighted by Crippen LogP contribution is -2.38. The number of aromatic hydroxyl groups is 1. The van der Waals surface area contributed by atoms with Crippen LogP contribution < -0.4 is 4.74 Å². The minimum atomic E-state index is -0.804. The van der Waals surface area contributed by atoms with Crippen LogP contribution in [0, 0.1) is 13.8 Å². The lowest BCUT2D eigenvalue weighted by molar-refractivity contribution is -0.129. The maximum atomic E-state index is 13.5. The molecule has 172 valence electrons. The number of phenolic OH excluding ortho intramolecular Hbond substituents is 1. The SMILES string of the molecule is CCN(CC)CCN1C(=O)C(O)=C(C(=O)c2sc(C)nc2C)C1c1ccc(O)c(OC)c1. The third kappa shape index (κ3) is 4.35. The summed E-state index contributed by atoms with van der Waals surface area (Å²) < 4.78 is 5.24. The van der Waals surface area contributed by atoms with E-state index < -0.39 is 23.5 Å². The predicted octanol–water partition coefficient (Wildman–Crippen LogP) is 3.39.